The summed E-state index contributed by atoms with van der Waals surface area (Å²) in [7, 11) is 0. The average Bonchev–Trinajstić information content (AvgIpc) is 2.43. The molecular weight excluding hydrogens is 188 g/mol. The number of hydrogen-bond donors (Lipinski definition) is 2. The van der Waals surface area contributed by atoms with Crippen LogP contribution in [0, 0.1) is 12.3 Å². The molecule has 0 aromatic carbocycles. The van der Waals surface area contributed by atoms with Crippen LogP contribution in [0.1, 0.15) is 38.5 Å². The molecule has 1 heterocycles. The van der Waals surface area contributed by atoms with Crippen LogP contribution >= 0.6 is 0 Å². The third kappa shape index (κ3) is 5.44. The molecule has 3 nitrogen and oxygen atoms in total. The molecule has 0 saturated carbocycles. The molecule has 0 aliphatic carbocycles. The van der Waals surface area contributed by atoms with Gasteiger partial charge in [0.05, 0.1) is 0 Å². The van der Waals surface area contributed by atoms with Gasteiger partial charge in [0.25, 0.3) is 0 Å². The largest absolute Gasteiger partial charge is 0.356 e. The highest BCUT2D eigenvalue weighted by Crippen LogP contribution is 2.06. The summed E-state index contributed by atoms with van der Waals surface area (Å²) >= 11 is 0. The Balaban J connectivity index is 2.09. The first-order valence-electron chi connectivity index (χ1n) is 5.76. The van der Waals surface area contributed by atoms with Gasteiger partial charge in [-0.05, 0) is 32.2 Å². The fourth-order valence-corrected chi connectivity index (χ4v) is 1.81. The maximum absolute atomic E-state index is 11.3. The van der Waals surface area contributed by atoms with E-state index < -0.39 is 0 Å². The van der Waals surface area contributed by atoms with E-state index in [0.717, 1.165) is 45.2 Å². The van der Waals surface area contributed by atoms with Crippen molar-refractivity contribution in [2.24, 2.45) is 0 Å². The molecule has 84 valence electrons. The average molecular weight is 208 g/mol. The highest BCUT2D eigenvalue weighted by molar-refractivity contribution is 5.76. The van der Waals surface area contributed by atoms with E-state index in [4.69, 9.17) is 6.42 Å². The summed E-state index contributed by atoms with van der Waals surface area (Å²) in [5.41, 5.74) is 0. The van der Waals surface area contributed by atoms with Crippen LogP contribution in [0.3, 0.4) is 0 Å². The predicted molar refractivity (Wildman–Crippen MR) is 61.3 cm³/mol. The molecule has 1 aliphatic rings. The van der Waals surface area contributed by atoms with Gasteiger partial charge >= 0.3 is 0 Å². The van der Waals surface area contributed by atoms with E-state index in [-0.39, 0.29) is 5.91 Å². The van der Waals surface area contributed by atoms with Gasteiger partial charge in [-0.15, -0.1) is 12.3 Å². The maximum atomic E-state index is 11.3. The maximum Gasteiger partial charge on any atom is 0.221 e. The second-order valence-corrected chi connectivity index (χ2v) is 4.01. The van der Waals surface area contributed by atoms with Crippen molar-refractivity contribution in [3.05, 3.63) is 0 Å². The quantitative estimate of drug-likeness (QED) is 0.524. The Kier molecular flexibility index (Phi) is 5.87. The standard InChI is InChI=1S/C12H20N2O/c1-2-3-4-5-8-13-11-7-6-9-14-12(15)10-11/h1,11,13H,3-10H2,(H,14,15). The van der Waals surface area contributed by atoms with Crippen molar-refractivity contribution in [2.45, 2.75) is 44.6 Å². The minimum absolute atomic E-state index is 0.175. The zero-order chi connectivity index (χ0) is 10.9. The molecule has 1 atom stereocenters. The molecule has 1 fully saturated rings. The van der Waals surface area contributed by atoms with Gasteiger partial charge < -0.3 is 10.6 Å². The Morgan fingerprint density at radius 1 is 1.53 bits per heavy atom. The first-order chi connectivity index (χ1) is 7.33. The van der Waals surface area contributed by atoms with E-state index >= 15 is 0 Å². The lowest BCUT2D eigenvalue weighted by Gasteiger charge is -2.14. The smallest absolute Gasteiger partial charge is 0.221 e. The summed E-state index contributed by atoms with van der Waals surface area (Å²) < 4.78 is 0. The summed E-state index contributed by atoms with van der Waals surface area (Å²) in [5, 5.41) is 6.30. The third-order valence-electron chi connectivity index (χ3n) is 2.66. The highest BCUT2D eigenvalue weighted by atomic mass is 16.1. The Morgan fingerprint density at radius 3 is 3.20 bits per heavy atom. The van der Waals surface area contributed by atoms with Crippen molar-refractivity contribution < 1.29 is 4.79 Å². The van der Waals surface area contributed by atoms with E-state index in [0.29, 0.717) is 12.5 Å². The van der Waals surface area contributed by atoms with Gasteiger partial charge in [0.15, 0.2) is 0 Å². The number of hydrogen-bond acceptors (Lipinski definition) is 2. The van der Waals surface area contributed by atoms with Crippen LogP contribution in [-0.4, -0.2) is 25.0 Å². The van der Waals surface area contributed by atoms with Crippen molar-refractivity contribution in [2.75, 3.05) is 13.1 Å². The minimum Gasteiger partial charge on any atom is -0.356 e. The first-order valence-corrected chi connectivity index (χ1v) is 5.76. The van der Waals surface area contributed by atoms with Gasteiger partial charge in [0.1, 0.15) is 0 Å². The van der Waals surface area contributed by atoms with Gasteiger partial charge in [-0.1, -0.05) is 0 Å². The zero-order valence-electron chi connectivity index (χ0n) is 9.22. The van der Waals surface area contributed by atoms with Crippen molar-refractivity contribution in [3.8, 4) is 12.3 Å². The van der Waals surface area contributed by atoms with E-state index in [1.165, 1.54) is 0 Å². The molecule has 1 rings (SSSR count). The number of terminal acetylenes is 1. The molecule has 1 amide bonds. The molecular formula is C12H20N2O. The van der Waals surface area contributed by atoms with Crippen molar-refractivity contribution in [1.29, 1.82) is 0 Å². The summed E-state index contributed by atoms with van der Waals surface area (Å²) in [6, 6.07) is 0.360. The fourth-order valence-electron chi connectivity index (χ4n) is 1.81. The topological polar surface area (TPSA) is 41.1 Å². The van der Waals surface area contributed by atoms with Crippen LogP contribution in [0.5, 0.6) is 0 Å². The van der Waals surface area contributed by atoms with E-state index in [9.17, 15) is 4.79 Å². The van der Waals surface area contributed by atoms with E-state index in [1.54, 1.807) is 0 Å². The third-order valence-corrected chi connectivity index (χ3v) is 2.66. The molecule has 15 heavy (non-hydrogen) atoms. The Bertz CT molecular complexity index is 232. The second kappa shape index (κ2) is 7.30. The van der Waals surface area contributed by atoms with E-state index in [2.05, 4.69) is 16.6 Å². The zero-order valence-corrected chi connectivity index (χ0v) is 9.22. The number of rotatable bonds is 5. The lowest BCUT2D eigenvalue weighted by Crippen LogP contribution is -2.33. The van der Waals surface area contributed by atoms with Gasteiger partial charge in [-0.3, -0.25) is 4.79 Å². The molecule has 0 radical (unpaired) electrons. The lowest BCUT2D eigenvalue weighted by atomic mass is 10.1. The molecule has 1 unspecified atom stereocenters. The van der Waals surface area contributed by atoms with Crippen LogP contribution in [-0.2, 0) is 4.79 Å². The molecule has 2 N–H and O–H groups in total. The lowest BCUT2D eigenvalue weighted by molar-refractivity contribution is -0.121. The monoisotopic (exact) mass is 208 g/mol. The molecule has 3 heteroatoms. The molecule has 0 aromatic heterocycles. The second-order valence-electron chi connectivity index (χ2n) is 4.01. The summed E-state index contributed by atoms with van der Waals surface area (Å²) in [4.78, 5) is 11.3. The fraction of sp³-hybridized carbons (Fsp3) is 0.750. The number of nitrogens with one attached hydrogen (secondary N) is 2. The molecule has 0 spiro atoms. The number of unbranched alkanes of at least 4 members (excludes halogenated alkanes) is 2. The Labute approximate surface area is 92.0 Å². The van der Waals surface area contributed by atoms with Gasteiger partial charge in [0.2, 0.25) is 5.91 Å². The number of carbonyl (C=O) groups is 1. The molecule has 1 aliphatic heterocycles. The summed E-state index contributed by atoms with van der Waals surface area (Å²) in [6.45, 7) is 1.80. The Hall–Kier alpha value is -1.01. The normalized spacial score (nSPS) is 21.5. The van der Waals surface area contributed by atoms with E-state index in [1.807, 2.05) is 0 Å². The van der Waals surface area contributed by atoms with Gasteiger partial charge in [-0.25, -0.2) is 0 Å². The van der Waals surface area contributed by atoms with Crippen molar-refractivity contribution in [1.82, 2.24) is 10.6 Å². The Morgan fingerprint density at radius 2 is 2.40 bits per heavy atom. The first kappa shape index (κ1) is 12.1. The number of amides is 1. The van der Waals surface area contributed by atoms with Crippen LogP contribution in [0.4, 0.5) is 0 Å². The van der Waals surface area contributed by atoms with Crippen LogP contribution in [0.15, 0.2) is 0 Å². The molecule has 0 bridgehead atoms. The minimum atomic E-state index is 0.175. The highest BCUT2D eigenvalue weighted by Gasteiger charge is 2.15. The van der Waals surface area contributed by atoms with Gasteiger partial charge in [0, 0.05) is 25.4 Å². The summed E-state index contributed by atoms with van der Waals surface area (Å²) in [5.74, 6) is 2.81. The van der Waals surface area contributed by atoms with Crippen LogP contribution in [0.2, 0.25) is 0 Å². The molecule has 1 saturated heterocycles. The van der Waals surface area contributed by atoms with Gasteiger partial charge in [-0.2, -0.15) is 0 Å². The predicted octanol–water partition coefficient (Wildman–Crippen LogP) is 1.05. The number of carbonyl (C=O) groups excluding carboxylic acids is 1. The van der Waals surface area contributed by atoms with Crippen LogP contribution in [0.25, 0.3) is 0 Å². The van der Waals surface area contributed by atoms with Crippen molar-refractivity contribution >= 4 is 5.91 Å². The molecule has 0 aromatic rings. The SMILES string of the molecule is C#CCCCCNC1CCCNC(=O)C1. The summed E-state index contributed by atoms with van der Waals surface area (Å²) in [6.07, 6.45) is 11.0. The van der Waals surface area contributed by atoms with Crippen LogP contribution < -0.4 is 10.6 Å². The van der Waals surface area contributed by atoms with Crippen molar-refractivity contribution in [3.63, 3.8) is 0 Å².